The van der Waals surface area contributed by atoms with Crippen LogP contribution in [-0.4, -0.2) is 11.9 Å². The van der Waals surface area contributed by atoms with Crippen LogP contribution in [0.1, 0.15) is 10.4 Å². The summed E-state index contributed by atoms with van der Waals surface area (Å²) in [4.78, 5) is 23.2. The fourth-order valence-corrected chi connectivity index (χ4v) is 1.75. The highest BCUT2D eigenvalue weighted by Gasteiger charge is 2.20. The van der Waals surface area contributed by atoms with Gasteiger partial charge in [0.25, 0.3) is 5.91 Å². The Morgan fingerprint density at radius 2 is 1.50 bits per heavy atom. The Labute approximate surface area is 127 Å². The van der Waals surface area contributed by atoms with Gasteiger partial charge in [-0.15, -0.1) is 0 Å². The molecule has 0 aliphatic carbocycles. The number of imide groups is 1. The van der Waals surface area contributed by atoms with Gasteiger partial charge in [-0.25, -0.2) is 18.0 Å². The Bertz CT molecular complexity index is 712. The Hall–Kier alpha value is -2.54. The first-order valence-corrected chi connectivity index (χ1v) is 6.27. The molecule has 0 aliphatic rings. The van der Waals surface area contributed by atoms with Crippen LogP contribution in [0.2, 0.25) is 5.02 Å². The highest BCUT2D eigenvalue weighted by molar-refractivity contribution is 6.30. The molecule has 0 fully saturated rings. The molecule has 0 aromatic heterocycles. The van der Waals surface area contributed by atoms with Gasteiger partial charge in [-0.1, -0.05) is 11.6 Å². The number of carbonyl (C=O) groups is 2. The number of urea groups is 1. The number of anilines is 1. The molecule has 4 nitrogen and oxygen atoms in total. The lowest BCUT2D eigenvalue weighted by Gasteiger charge is -2.08. The second kappa shape index (κ2) is 6.48. The van der Waals surface area contributed by atoms with Gasteiger partial charge in [0.2, 0.25) is 0 Å². The van der Waals surface area contributed by atoms with Crippen LogP contribution in [-0.2, 0) is 0 Å². The van der Waals surface area contributed by atoms with Gasteiger partial charge in [0.15, 0.2) is 0 Å². The lowest BCUT2D eigenvalue weighted by molar-refractivity contribution is 0.0958. The van der Waals surface area contributed by atoms with E-state index in [-0.39, 0.29) is 0 Å². The smallest absolute Gasteiger partial charge is 0.308 e. The van der Waals surface area contributed by atoms with Gasteiger partial charge in [0.05, 0.1) is 0 Å². The zero-order valence-corrected chi connectivity index (χ0v) is 11.5. The number of benzene rings is 2. The van der Waals surface area contributed by atoms with Crippen molar-refractivity contribution in [2.24, 2.45) is 0 Å². The molecule has 2 aromatic rings. The van der Waals surface area contributed by atoms with Crippen molar-refractivity contribution in [3.05, 3.63) is 64.4 Å². The maximum Gasteiger partial charge on any atom is 0.326 e. The summed E-state index contributed by atoms with van der Waals surface area (Å²) in [6.07, 6.45) is 0. The summed E-state index contributed by atoms with van der Waals surface area (Å²) in [6, 6.07) is 5.60. The molecule has 8 heteroatoms. The Morgan fingerprint density at radius 3 is 2.05 bits per heavy atom. The first-order valence-electron chi connectivity index (χ1n) is 5.89. The Balaban J connectivity index is 2.09. The average Bonchev–Trinajstić information content (AvgIpc) is 2.40. The van der Waals surface area contributed by atoms with Crippen LogP contribution in [0.4, 0.5) is 23.7 Å². The van der Waals surface area contributed by atoms with Crippen LogP contribution >= 0.6 is 11.6 Å². The van der Waals surface area contributed by atoms with Gasteiger partial charge in [0, 0.05) is 22.8 Å². The second-order valence-corrected chi connectivity index (χ2v) is 4.60. The molecule has 0 saturated carbocycles. The number of hydrogen-bond donors (Lipinski definition) is 2. The van der Waals surface area contributed by atoms with Crippen LogP contribution in [0.3, 0.4) is 0 Å². The average molecular weight is 329 g/mol. The molecule has 0 unspecified atom stereocenters. The third-order valence-corrected chi connectivity index (χ3v) is 2.82. The van der Waals surface area contributed by atoms with E-state index in [1.165, 1.54) is 24.3 Å². The van der Waals surface area contributed by atoms with Crippen molar-refractivity contribution in [2.45, 2.75) is 0 Å². The molecule has 0 heterocycles. The highest BCUT2D eigenvalue weighted by atomic mass is 35.5. The monoisotopic (exact) mass is 328 g/mol. The summed E-state index contributed by atoms with van der Waals surface area (Å²) in [7, 11) is 0. The van der Waals surface area contributed by atoms with Crippen molar-refractivity contribution < 1.29 is 22.8 Å². The van der Waals surface area contributed by atoms with E-state index in [2.05, 4.69) is 5.32 Å². The Morgan fingerprint density at radius 1 is 0.955 bits per heavy atom. The van der Waals surface area contributed by atoms with E-state index in [1.807, 2.05) is 0 Å². The fraction of sp³-hybridized carbons (Fsp3) is 0. The van der Waals surface area contributed by atoms with E-state index in [1.54, 1.807) is 5.32 Å². The van der Waals surface area contributed by atoms with Crippen LogP contribution < -0.4 is 10.6 Å². The minimum absolute atomic E-state index is 0.315. The van der Waals surface area contributed by atoms with Crippen LogP contribution in [0.15, 0.2) is 36.4 Å². The summed E-state index contributed by atoms with van der Waals surface area (Å²) in [5, 5.41) is 4.45. The first-order chi connectivity index (χ1) is 10.4. The van der Waals surface area contributed by atoms with Crippen molar-refractivity contribution in [2.75, 3.05) is 5.32 Å². The molecule has 3 amide bonds. The van der Waals surface area contributed by atoms with Crippen LogP contribution in [0.25, 0.3) is 0 Å². The van der Waals surface area contributed by atoms with Gasteiger partial charge in [-0.2, -0.15) is 0 Å². The fourth-order valence-electron chi connectivity index (χ4n) is 1.62. The molecule has 0 atom stereocenters. The number of hydrogen-bond acceptors (Lipinski definition) is 2. The largest absolute Gasteiger partial charge is 0.326 e. The molecule has 0 saturated heterocycles. The highest BCUT2D eigenvalue weighted by Crippen LogP contribution is 2.15. The second-order valence-electron chi connectivity index (χ2n) is 4.16. The van der Waals surface area contributed by atoms with Gasteiger partial charge >= 0.3 is 6.03 Å². The van der Waals surface area contributed by atoms with Crippen molar-refractivity contribution in [1.82, 2.24) is 5.32 Å². The molecular weight excluding hydrogens is 321 g/mol. The minimum atomic E-state index is -1.41. The normalized spacial score (nSPS) is 10.2. The quantitative estimate of drug-likeness (QED) is 0.882. The lowest BCUT2D eigenvalue weighted by Crippen LogP contribution is -2.35. The first kappa shape index (κ1) is 15.8. The summed E-state index contributed by atoms with van der Waals surface area (Å²) in [5.74, 6) is -5.32. The molecule has 0 spiro atoms. The van der Waals surface area contributed by atoms with Gasteiger partial charge in [-0.3, -0.25) is 10.1 Å². The lowest BCUT2D eigenvalue weighted by atomic mass is 10.2. The van der Waals surface area contributed by atoms with Gasteiger partial charge in [-0.05, 0) is 24.3 Å². The zero-order chi connectivity index (χ0) is 16.3. The predicted octanol–water partition coefficient (Wildman–Crippen LogP) is 3.72. The number of halogens is 4. The summed E-state index contributed by atoms with van der Waals surface area (Å²) in [6.45, 7) is 0. The number of nitrogens with one attached hydrogen (secondary N) is 2. The van der Waals surface area contributed by atoms with Gasteiger partial charge < -0.3 is 5.32 Å². The Kier molecular flexibility index (Phi) is 4.67. The zero-order valence-electron chi connectivity index (χ0n) is 10.8. The SMILES string of the molecule is O=C(NC(=O)c1c(F)cc(F)cc1F)Nc1ccc(Cl)cc1. The molecule has 114 valence electrons. The number of carbonyl (C=O) groups excluding carboxylic acids is 2. The molecule has 2 rings (SSSR count). The van der Waals surface area contributed by atoms with E-state index < -0.39 is 35.0 Å². The van der Waals surface area contributed by atoms with E-state index in [0.717, 1.165) is 0 Å². The molecular formula is C14H8ClF3N2O2. The molecule has 0 aliphatic heterocycles. The minimum Gasteiger partial charge on any atom is -0.308 e. The summed E-state index contributed by atoms with van der Waals surface area (Å²) >= 11 is 5.66. The maximum absolute atomic E-state index is 13.4. The standard InChI is InChI=1S/C14H8ClF3N2O2/c15-7-1-3-9(4-2-7)19-14(22)20-13(21)12-10(17)5-8(16)6-11(12)18/h1-6H,(H2,19,20,21,22). The molecule has 0 radical (unpaired) electrons. The number of rotatable bonds is 2. The van der Waals surface area contributed by atoms with Crippen molar-refractivity contribution >= 4 is 29.2 Å². The van der Waals surface area contributed by atoms with Crippen molar-refractivity contribution in [3.63, 3.8) is 0 Å². The van der Waals surface area contributed by atoms with Crippen LogP contribution in [0.5, 0.6) is 0 Å². The summed E-state index contributed by atoms with van der Waals surface area (Å²) in [5.41, 5.74) is -0.734. The number of amides is 3. The van der Waals surface area contributed by atoms with Crippen LogP contribution in [0, 0.1) is 17.5 Å². The van der Waals surface area contributed by atoms with E-state index in [9.17, 15) is 22.8 Å². The molecule has 0 bridgehead atoms. The van der Waals surface area contributed by atoms with Crippen molar-refractivity contribution in [1.29, 1.82) is 0 Å². The molecule has 2 N–H and O–H groups in total. The predicted molar refractivity (Wildman–Crippen MR) is 74.3 cm³/mol. The van der Waals surface area contributed by atoms with E-state index >= 15 is 0 Å². The topological polar surface area (TPSA) is 58.2 Å². The third kappa shape index (κ3) is 3.76. The van der Waals surface area contributed by atoms with Gasteiger partial charge in [0.1, 0.15) is 23.0 Å². The van der Waals surface area contributed by atoms with E-state index in [4.69, 9.17) is 11.6 Å². The molecule has 22 heavy (non-hydrogen) atoms. The van der Waals surface area contributed by atoms with E-state index in [0.29, 0.717) is 22.8 Å². The maximum atomic E-state index is 13.4. The summed E-state index contributed by atoms with van der Waals surface area (Å²) < 4.78 is 39.5. The molecule has 2 aromatic carbocycles. The third-order valence-electron chi connectivity index (χ3n) is 2.56. The van der Waals surface area contributed by atoms with Crippen molar-refractivity contribution in [3.8, 4) is 0 Å².